The van der Waals surface area contributed by atoms with Crippen molar-refractivity contribution in [3.8, 4) is 11.6 Å². The van der Waals surface area contributed by atoms with Crippen LogP contribution in [0.4, 0.5) is 0 Å². The Morgan fingerprint density at radius 1 is 1.57 bits per heavy atom. The quantitative estimate of drug-likeness (QED) is 0.638. The van der Waals surface area contributed by atoms with Crippen LogP contribution in [-0.4, -0.2) is 25.9 Å². The SMILES string of the molecule is N[C@@H](CS)c1nnc(-c2cnc[nH]2)o1. The highest BCUT2D eigenvalue weighted by Crippen LogP contribution is 2.17. The Balaban J connectivity index is 2.26. The highest BCUT2D eigenvalue weighted by molar-refractivity contribution is 7.80. The van der Waals surface area contributed by atoms with Gasteiger partial charge in [-0.05, 0) is 0 Å². The second-order valence-corrected chi connectivity index (χ2v) is 3.06. The van der Waals surface area contributed by atoms with Crippen LogP contribution in [0, 0.1) is 0 Å². The minimum Gasteiger partial charge on any atom is -0.418 e. The van der Waals surface area contributed by atoms with Crippen molar-refractivity contribution in [2.24, 2.45) is 5.73 Å². The normalized spacial score (nSPS) is 13.0. The number of H-pyrrole nitrogens is 1. The molecule has 2 aromatic rings. The number of rotatable bonds is 3. The molecule has 2 aromatic heterocycles. The third kappa shape index (κ3) is 1.64. The van der Waals surface area contributed by atoms with Gasteiger partial charge in [-0.3, -0.25) is 0 Å². The third-order valence-electron chi connectivity index (χ3n) is 1.68. The van der Waals surface area contributed by atoms with Gasteiger partial charge in [0.25, 0.3) is 5.89 Å². The lowest BCUT2D eigenvalue weighted by Gasteiger charge is -1.99. The Morgan fingerprint density at radius 2 is 2.43 bits per heavy atom. The van der Waals surface area contributed by atoms with Crippen molar-refractivity contribution in [2.75, 3.05) is 5.75 Å². The maximum absolute atomic E-state index is 5.66. The molecule has 2 rings (SSSR count). The summed E-state index contributed by atoms with van der Waals surface area (Å²) in [6.07, 6.45) is 3.14. The number of nitrogens with two attached hydrogens (primary N) is 1. The van der Waals surface area contributed by atoms with Crippen LogP contribution in [0.5, 0.6) is 0 Å². The minimum atomic E-state index is -0.331. The maximum atomic E-state index is 5.66. The molecule has 0 amide bonds. The molecule has 0 spiro atoms. The van der Waals surface area contributed by atoms with Crippen LogP contribution in [0.1, 0.15) is 11.9 Å². The number of thiol groups is 1. The van der Waals surface area contributed by atoms with Crippen LogP contribution >= 0.6 is 12.6 Å². The number of nitrogens with one attached hydrogen (secondary N) is 1. The fourth-order valence-electron chi connectivity index (χ4n) is 0.944. The van der Waals surface area contributed by atoms with Gasteiger partial charge in [0.2, 0.25) is 5.89 Å². The van der Waals surface area contributed by atoms with E-state index in [1.165, 1.54) is 6.33 Å². The van der Waals surface area contributed by atoms with Gasteiger partial charge in [-0.15, -0.1) is 10.2 Å². The number of aromatic nitrogens is 4. The van der Waals surface area contributed by atoms with E-state index >= 15 is 0 Å². The summed E-state index contributed by atoms with van der Waals surface area (Å²) in [4.78, 5) is 6.70. The van der Waals surface area contributed by atoms with E-state index in [-0.39, 0.29) is 6.04 Å². The van der Waals surface area contributed by atoms with E-state index < -0.39 is 0 Å². The zero-order valence-corrected chi connectivity index (χ0v) is 8.11. The molecule has 74 valence electrons. The van der Waals surface area contributed by atoms with Crippen LogP contribution in [0.25, 0.3) is 11.6 Å². The lowest BCUT2D eigenvalue weighted by molar-refractivity contribution is 0.475. The summed E-state index contributed by atoms with van der Waals surface area (Å²) < 4.78 is 5.31. The molecule has 0 saturated heterocycles. The Bertz CT molecular complexity index is 398. The van der Waals surface area contributed by atoms with E-state index in [0.717, 1.165) is 0 Å². The van der Waals surface area contributed by atoms with E-state index in [0.29, 0.717) is 23.2 Å². The summed E-state index contributed by atoms with van der Waals surface area (Å²) >= 11 is 4.04. The van der Waals surface area contributed by atoms with Crippen LogP contribution in [0.2, 0.25) is 0 Å². The smallest absolute Gasteiger partial charge is 0.265 e. The van der Waals surface area contributed by atoms with Gasteiger partial charge in [0, 0.05) is 5.75 Å². The maximum Gasteiger partial charge on any atom is 0.265 e. The van der Waals surface area contributed by atoms with E-state index in [4.69, 9.17) is 10.2 Å². The first-order chi connectivity index (χ1) is 6.81. The zero-order valence-electron chi connectivity index (χ0n) is 7.21. The molecule has 0 bridgehead atoms. The van der Waals surface area contributed by atoms with E-state index in [1.807, 2.05) is 0 Å². The molecule has 0 aromatic carbocycles. The molecule has 0 radical (unpaired) electrons. The number of imidazole rings is 1. The first-order valence-corrected chi connectivity index (χ1v) is 4.63. The van der Waals surface area contributed by atoms with E-state index in [2.05, 4.69) is 32.8 Å². The molecule has 3 N–H and O–H groups in total. The third-order valence-corrected chi connectivity index (χ3v) is 2.08. The van der Waals surface area contributed by atoms with Gasteiger partial charge >= 0.3 is 0 Å². The van der Waals surface area contributed by atoms with Gasteiger partial charge in [-0.25, -0.2) is 4.98 Å². The summed E-state index contributed by atoms with van der Waals surface area (Å²) in [6.45, 7) is 0. The van der Waals surface area contributed by atoms with Crippen molar-refractivity contribution in [3.63, 3.8) is 0 Å². The standard InChI is InChI=1S/C7H9N5OS/c8-4(2-14)6-11-12-7(13-6)5-1-9-3-10-5/h1,3-4,14H,2,8H2,(H,9,10)/t4-/m0/s1. The van der Waals surface area contributed by atoms with Crippen molar-refractivity contribution in [1.29, 1.82) is 0 Å². The van der Waals surface area contributed by atoms with Gasteiger partial charge in [0.15, 0.2) is 0 Å². The molecule has 7 heteroatoms. The van der Waals surface area contributed by atoms with Crippen LogP contribution in [0.15, 0.2) is 16.9 Å². The van der Waals surface area contributed by atoms with Crippen molar-refractivity contribution in [1.82, 2.24) is 20.2 Å². The summed E-state index contributed by atoms with van der Waals surface area (Å²) in [5.74, 6) is 1.23. The highest BCUT2D eigenvalue weighted by Gasteiger charge is 2.14. The van der Waals surface area contributed by atoms with Crippen LogP contribution < -0.4 is 5.73 Å². The number of hydrogen-bond acceptors (Lipinski definition) is 6. The molecule has 14 heavy (non-hydrogen) atoms. The van der Waals surface area contributed by atoms with Crippen molar-refractivity contribution in [3.05, 3.63) is 18.4 Å². The van der Waals surface area contributed by atoms with Crippen molar-refractivity contribution in [2.45, 2.75) is 6.04 Å². The van der Waals surface area contributed by atoms with Gasteiger partial charge in [0.05, 0.1) is 18.6 Å². The molecule has 0 saturated carbocycles. The Morgan fingerprint density at radius 3 is 3.07 bits per heavy atom. The largest absolute Gasteiger partial charge is 0.418 e. The first kappa shape index (κ1) is 9.22. The molecular weight excluding hydrogens is 202 g/mol. The van der Waals surface area contributed by atoms with Gasteiger partial charge in [-0.1, -0.05) is 0 Å². The summed E-state index contributed by atoms with van der Waals surface area (Å²) in [5.41, 5.74) is 6.34. The molecule has 6 nitrogen and oxygen atoms in total. The molecule has 0 fully saturated rings. The molecule has 2 heterocycles. The summed E-state index contributed by atoms with van der Waals surface area (Å²) in [7, 11) is 0. The predicted octanol–water partition coefficient (Wildman–Crippen LogP) is 0.389. The van der Waals surface area contributed by atoms with Gasteiger partial charge < -0.3 is 15.1 Å². The molecule has 0 aliphatic rings. The predicted molar refractivity (Wildman–Crippen MR) is 52.7 cm³/mol. The molecular formula is C7H9N5OS. The van der Waals surface area contributed by atoms with Crippen LogP contribution in [0.3, 0.4) is 0 Å². The van der Waals surface area contributed by atoms with Crippen molar-refractivity contribution < 1.29 is 4.42 Å². The Labute approximate surface area is 85.3 Å². The average molecular weight is 211 g/mol. The van der Waals surface area contributed by atoms with E-state index in [1.54, 1.807) is 6.20 Å². The number of hydrogen-bond donors (Lipinski definition) is 3. The molecule has 1 atom stereocenters. The van der Waals surface area contributed by atoms with Crippen molar-refractivity contribution >= 4 is 12.6 Å². The number of nitrogens with zero attached hydrogens (tertiary/aromatic N) is 3. The molecule has 0 aliphatic heterocycles. The lowest BCUT2D eigenvalue weighted by Crippen LogP contribution is -2.11. The summed E-state index contributed by atoms with van der Waals surface area (Å²) in [6, 6.07) is -0.331. The topological polar surface area (TPSA) is 93.6 Å². The number of aromatic amines is 1. The monoisotopic (exact) mass is 211 g/mol. The highest BCUT2D eigenvalue weighted by atomic mass is 32.1. The second kappa shape index (κ2) is 3.81. The average Bonchev–Trinajstić information content (AvgIpc) is 2.86. The molecule has 0 unspecified atom stereocenters. The fourth-order valence-corrected chi connectivity index (χ4v) is 1.10. The Kier molecular flexibility index (Phi) is 2.51. The zero-order chi connectivity index (χ0) is 9.97. The Hall–Kier alpha value is -1.34. The first-order valence-electron chi connectivity index (χ1n) is 4.00. The van der Waals surface area contributed by atoms with Gasteiger partial charge in [0.1, 0.15) is 5.69 Å². The second-order valence-electron chi connectivity index (χ2n) is 2.70. The van der Waals surface area contributed by atoms with E-state index in [9.17, 15) is 0 Å². The molecule has 0 aliphatic carbocycles. The summed E-state index contributed by atoms with van der Waals surface area (Å²) in [5, 5.41) is 7.63. The minimum absolute atomic E-state index is 0.331. The van der Waals surface area contributed by atoms with Gasteiger partial charge in [-0.2, -0.15) is 12.6 Å². The lowest BCUT2D eigenvalue weighted by atomic mass is 10.4. The van der Waals surface area contributed by atoms with Crippen LogP contribution in [-0.2, 0) is 0 Å². The fraction of sp³-hybridized carbons (Fsp3) is 0.286.